The summed E-state index contributed by atoms with van der Waals surface area (Å²) in [5, 5.41) is 3.79. The molecule has 0 aliphatic carbocycles. The molecule has 1 heterocycles. The van der Waals surface area contributed by atoms with Crippen LogP contribution in [-0.2, 0) is 5.75 Å². The number of aryl methyl sites for hydroxylation is 1. The van der Waals surface area contributed by atoms with Crippen LogP contribution in [0, 0.1) is 13.8 Å². The number of hydrogen-bond acceptors (Lipinski definition) is 4. The molecule has 0 fully saturated rings. The van der Waals surface area contributed by atoms with Crippen molar-refractivity contribution in [2.24, 2.45) is 0 Å². The van der Waals surface area contributed by atoms with E-state index in [-0.39, 0.29) is 0 Å². The van der Waals surface area contributed by atoms with Crippen LogP contribution in [0.25, 0.3) is 0 Å². The monoisotopic (exact) mass is 239 g/mol. The van der Waals surface area contributed by atoms with Crippen molar-refractivity contribution in [3.05, 3.63) is 17.1 Å². The van der Waals surface area contributed by atoms with Gasteiger partial charge in [-0.25, -0.2) is 9.97 Å². The predicted molar refractivity (Wildman–Crippen MR) is 72.1 cm³/mol. The third kappa shape index (κ3) is 3.37. The lowest BCUT2D eigenvalue weighted by molar-refractivity contribution is 0.898. The molecule has 1 N–H and O–H groups in total. The lowest BCUT2D eigenvalue weighted by Crippen LogP contribution is -2.05. The van der Waals surface area contributed by atoms with Crippen molar-refractivity contribution in [1.82, 2.24) is 9.97 Å². The van der Waals surface area contributed by atoms with E-state index >= 15 is 0 Å². The molecule has 1 unspecified atom stereocenters. The van der Waals surface area contributed by atoms with Crippen LogP contribution in [-0.4, -0.2) is 22.3 Å². The second-order valence-electron chi connectivity index (χ2n) is 3.98. The van der Waals surface area contributed by atoms with Gasteiger partial charge in [-0.1, -0.05) is 13.8 Å². The van der Waals surface area contributed by atoms with Crippen LogP contribution in [0.4, 0.5) is 5.82 Å². The molecule has 0 radical (unpaired) electrons. The molecule has 0 aromatic carbocycles. The number of hydrogen-bond donors (Lipinski definition) is 1. The summed E-state index contributed by atoms with van der Waals surface area (Å²) in [6, 6.07) is 0. The third-order valence-corrected chi connectivity index (χ3v) is 4.07. The average molecular weight is 239 g/mol. The van der Waals surface area contributed by atoms with Gasteiger partial charge in [0.25, 0.3) is 0 Å². The summed E-state index contributed by atoms with van der Waals surface area (Å²) in [6.45, 7) is 8.53. The molecule has 0 aliphatic rings. The highest BCUT2D eigenvalue weighted by Crippen LogP contribution is 2.20. The van der Waals surface area contributed by atoms with Gasteiger partial charge < -0.3 is 5.32 Å². The average Bonchev–Trinajstić information content (AvgIpc) is 2.29. The van der Waals surface area contributed by atoms with E-state index in [2.05, 4.69) is 29.1 Å². The quantitative estimate of drug-likeness (QED) is 0.856. The maximum atomic E-state index is 4.52. The first-order chi connectivity index (χ1) is 7.58. The minimum Gasteiger partial charge on any atom is -0.373 e. The molecule has 0 amide bonds. The molecule has 16 heavy (non-hydrogen) atoms. The van der Waals surface area contributed by atoms with Crippen molar-refractivity contribution in [3.8, 4) is 0 Å². The topological polar surface area (TPSA) is 37.8 Å². The standard InChI is InChI=1S/C12H21N3S/c1-6-8(2)16-7-11-14-10(4)9(3)12(13-5)15-11/h8H,6-7H2,1-5H3,(H,13,14,15). The first-order valence-corrected chi connectivity index (χ1v) is 6.76. The van der Waals surface area contributed by atoms with Crippen LogP contribution in [0.1, 0.15) is 37.4 Å². The van der Waals surface area contributed by atoms with Gasteiger partial charge in [0.1, 0.15) is 11.6 Å². The molecular formula is C12H21N3S. The van der Waals surface area contributed by atoms with Crippen molar-refractivity contribution < 1.29 is 0 Å². The molecule has 0 aliphatic heterocycles. The predicted octanol–water partition coefficient (Wildman–Crippen LogP) is 3.17. The third-order valence-electron chi connectivity index (χ3n) is 2.74. The van der Waals surface area contributed by atoms with Gasteiger partial charge in [-0.05, 0) is 20.3 Å². The van der Waals surface area contributed by atoms with Crippen molar-refractivity contribution in [2.75, 3.05) is 12.4 Å². The summed E-state index contributed by atoms with van der Waals surface area (Å²) in [4.78, 5) is 9.03. The minimum absolute atomic E-state index is 0.670. The van der Waals surface area contributed by atoms with Gasteiger partial charge in [0.05, 0.1) is 5.75 Å². The summed E-state index contributed by atoms with van der Waals surface area (Å²) in [7, 11) is 1.90. The maximum absolute atomic E-state index is 4.52. The van der Waals surface area contributed by atoms with E-state index in [4.69, 9.17) is 0 Å². The van der Waals surface area contributed by atoms with Gasteiger partial charge in [-0.15, -0.1) is 0 Å². The number of thioether (sulfide) groups is 1. The van der Waals surface area contributed by atoms with Gasteiger partial charge in [0, 0.05) is 23.6 Å². The molecule has 0 saturated carbocycles. The van der Waals surface area contributed by atoms with Crippen molar-refractivity contribution in [3.63, 3.8) is 0 Å². The molecule has 3 nitrogen and oxygen atoms in total. The van der Waals surface area contributed by atoms with Crippen LogP contribution < -0.4 is 5.32 Å². The Bertz CT molecular complexity index is 352. The van der Waals surface area contributed by atoms with E-state index in [1.165, 1.54) is 6.42 Å². The Morgan fingerprint density at radius 2 is 2.00 bits per heavy atom. The SMILES string of the molecule is CCC(C)SCc1nc(C)c(C)c(NC)n1. The first-order valence-electron chi connectivity index (χ1n) is 5.72. The second-order valence-corrected chi connectivity index (χ2v) is 5.41. The van der Waals surface area contributed by atoms with Crippen LogP contribution in [0.5, 0.6) is 0 Å². The molecule has 1 rings (SSSR count). The molecule has 1 atom stereocenters. The lowest BCUT2D eigenvalue weighted by atomic mass is 10.2. The molecule has 0 bridgehead atoms. The number of rotatable bonds is 5. The van der Waals surface area contributed by atoms with E-state index in [0.29, 0.717) is 5.25 Å². The zero-order valence-corrected chi connectivity index (χ0v) is 11.6. The minimum atomic E-state index is 0.670. The Morgan fingerprint density at radius 3 is 2.56 bits per heavy atom. The molecule has 90 valence electrons. The number of anilines is 1. The van der Waals surface area contributed by atoms with E-state index in [1.54, 1.807) is 0 Å². The van der Waals surface area contributed by atoms with E-state index < -0.39 is 0 Å². The summed E-state index contributed by atoms with van der Waals surface area (Å²) in [5.41, 5.74) is 2.21. The van der Waals surface area contributed by atoms with Gasteiger partial charge in [0.2, 0.25) is 0 Å². The van der Waals surface area contributed by atoms with E-state index in [0.717, 1.165) is 28.7 Å². The zero-order chi connectivity index (χ0) is 12.1. The smallest absolute Gasteiger partial charge is 0.140 e. The Hall–Kier alpha value is -0.770. The van der Waals surface area contributed by atoms with E-state index in [1.807, 2.05) is 32.7 Å². The maximum Gasteiger partial charge on any atom is 0.140 e. The second kappa shape index (κ2) is 6.09. The fraction of sp³-hybridized carbons (Fsp3) is 0.667. The Kier molecular flexibility index (Phi) is 5.06. The molecular weight excluding hydrogens is 218 g/mol. The van der Waals surface area contributed by atoms with Crippen LogP contribution in [0.3, 0.4) is 0 Å². The van der Waals surface area contributed by atoms with Crippen LogP contribution in [0.15, 0.2) is 0 Å². The number of nitrogens with zero attached hydrogens (tertiary/aromatic N) is 2. The van der Waals surface area contributed by atoms with Gasteiger partial charge in [-0.2, -0.15) is 11.8 Å². The van der Waals surface area contributed by atoms with E-state index in [9.17, 15) is 0 Å². The Labute approximate surface area is 102 Å². The highest BCUT2D eigenvalue weighted by atomic mass is 32.2. The fourth-order valence-corrected chi connectivity index (χ4v) is 2.13. The highest BCUT2D eigenvalue weighted by molar-refractivity contribution is 7.99. The van der Waals surface area contributed by atoms with Crippen molar-refractivity contribution >= 4 is 17.6 Å². The summed E-state index contributed by atoms with van der Waals surface area (Å²) >= 11 is 1.91. The van der Waals surface area contributed by atoms with Gasteiger partial charge in [-0.3, -0.25) is 0 Å². The van der Waals surface area contributed by atoms with Crippen molar-refractivity contribution in [1.29, 1.82) is 0 Å². The normalized spacial score (nSPS) is 12.6. The summed E-state index contributed by atoms with van der Waals surface area (Å²) in [6.07, 6.45) is 1.19. The first kappa shape index (κ1) is 13.3. The number of aromatic nitrogens is 2. The Balaban J connectivity index is 2.78. The number of nitrogens with one attached hydrogen (secondary N) is 1. The summed E-state index contributed by atoms with van der Waals surface area (Å²) < 4.78 is 0. The summed E-state index contributed by atoms with van der Waals surface area (Å²) in [5.74, 6) is 2.77. The molecule has 1 aromatic rings. The molecule has 0 spiro atoms. The van der Waals surface area contributed by atoms with Gasteiger partial charge in [0.15, 0.2) is 0 Å². The highest BCUT2D eigenvalue weighted by Gasteiger charge is 2.08. The van der Waals surface area contributed by atoms with Crippen LogP contribution >= 0.6 is 11.8 Å². The molecule has 0 saturated heterocycles. The zero-order valence-electron chi connectivity index (χ0n) is 10.8. The van der Waals surface area contributed by atoms with Gasteiger partial charge >= 0.3 is 0 Å². The lowest BCUT2D eigenvalue weighted by Gasteiger charge is -2.11. The van der Waals surface area contributed by atoms with Crippen LogP contribution in [0.2, 0.25) is 0 Å². The van der Waals surface area contributed by atoms with Crippen molar-refractivity contribution in [2.45, 2.75) is 45.1 Å². The Morgan fingerprint density at radius 1 is 1.31 bits per heavy atom. The molecule has 4 heteroatoms. The molecule has 1 aromatic heterocycles. The fourth-order valence-electron chi connectivity index (χ4n) is 1.33. The largest absolute Gasteiger partial charge is 0.373 e.